The second kappa shape index (κ2) is 8.06. The van der Waals surface area contributed by atoms with Crippen molar-refractivity contribution in [2.75, 3.05) is 39.8 Å². The van der Waals surface area contributed by atoms with Crippen molar-refractivity contribution in [3.63, 3.8) is 0 Å². The summed E-state index contributed by atoms with van der Waals surface area (Å²) in [5, 5.41) is 3.52. The minimum absolute atomic E-state index is 0.00508. The summed E-state index contributed by atoms with van der Waals surface area (Å²) in [6.45, 7) is 10.3. The second-order valence-corrected chi connectivity index (χ2v) is 5.44. The first-order valence-electron chi connectivity index (χ1n) is 7.18. The van der Waals surface area contributed by atoms with Crippen molar-refractivity contribution in [3.05, 3.63) is 0 Å². The van der Waals surface area contributed by atoms with Gasteiger partial charge in [-0.3, -0.25) is 0 Å². The molecule has 0 aromatic carbocycles. The molecule has 0 aromatic rings. The monoisotopic (exact) mass is 242 g/mol. The van der Waals surface area contributed by atoms with Crippen molar-refractivity contribution in [2.24, 2.45) is 0 Å². The molecule has 3 heteroatoms. The van der Waals surface area contributed by atoms with E-state index in [4.69, 9.17) is 4.74 Å². The third-order valence-electron chi connectivity index (χ3n) is 4.02. The highest BCUT2D eigenvalue weighted by atomic mass is 16.5. The van der Waals surface area contributed by atoms with Gasteiger partial charge in [-0.05, 0) is 58.8 Å². The molecular formula is C14H30N2O. The van der Waals surface area contributed by atoms with E-state index < -0.39 is 0 Å². The van der Waals surface area contributed by atoms with Crippen LogP contribution < -0.4 is 5.32 Å². The number of rotatable bonds is 8. The molecule has 0 spiro atoms. The van der Waals surface area contributed by atoms with Crippen molar-refractivity contribution in [1.29, 1.82) is 0 Å². The molecule has 1 rings (SSSR count). The third-order valence-corrected chi connectivity index (χ3v) is 4.02. The summed E-state index contributed by atoms with van der Waals surface area (Å²) in [5.41, 5.74) is 0.00508. The fraction of sp³-hybridized carbons (Fsp3) is 1.00. The fourth-order valence-corrected chi connectivity index (χ4v) is 2.30. The maximum atomic E-state index is 5.51. The number of hydrogen-bond donors (Lipinski definition) is 1. The molecule has 102 valence electrons. The molecule has 1 N–H and O–H groups in total. The SMILES string of the molecule is CCC(C)(CNCCCN1CCCCC1)OC. The van der Waals surface area contributed by atoms with Crippen molar-refractivity contribution < 1.29 is 4.74 Å². The highest BCUT2D eigenvalue weighted by Crippen LogP contribution is 2.12. The van der Waals surface area contributed by atoms with Gasteiger partial charge in [0.2, 0.25) is 0 Å². The van der Waals surface area contributed by atoms with Crippen molar-refractivity contribution in [2.45, 2.75) is 51.6 Å². The van der Waals surface area contributed by atoms with Crippen LogP contribution in [0.15, 0.2) is 0 Å². The van der Waals surface area contributed by atoms with E-state index >= 15 is 0 Å². The van der Waals surface area contributed by atoms with Crippen LogP contribution in [-0.4, -0.2) is 50.3 Å². The van der Waals surface area contributed by atoms with Crippen LogP contribution in [0.2, 0.25) is 0 Å². The molecule has 1 aliphatic heterocycles. The van der Waals surface area contributed by atoms with Gasteiger partial charge in [0.25, 0.3) is 0 Å². The standard InChI is InChI=1S/C14H30N2O/c1-4-14(2,17-3)13-15-9-8-12-16-10-6-5-7-11-16/h15H,4-13H2,1-3H3. The van der Waals surface area contributed by atoms with Crippen LogP contribution in [0, 0.1) is 0 Å². The van der Waals surface area contributed by atoms with Gasteiger partial charge in [-0.1, -0.05) is 13.3 Å². The zero-order chi connectivity index (χ0) is 12.6. The van der Waals surface area contributed by atoms with E-state index in [1.165, 1.54) is 45.3 Å². The Hall–Kier alpha value is -0.120. The van der Waals surface area contributed by atoms with Crippen molar-refractivity contribution >= 4 is 0 Å². The minimum atomic E-state index is 0.00508. The molecule has 17 heavy (non-hydrogen) atoms. The predicted octanol–water partition coefficient (Wildman–Crippen LogP) is 2.27. The van der Waals surface area contributed by atoms with Crippen LogP contribution in [0.4, 0.5) is 0 Å². The fourth-order valence-electron chi connectivity index (χ4n) is 2.30. The van der Waals surface area contributed by atoms with Crippen LogP contribution in [0.25, 0.3) is 0 Å². The molecule has 0 bridgehead atoms. The topological polar surface area (TPSA) is 24.5 Å². The van der Waals surface area contributed by atoms with Crippen LogP contribution in [0.1, 0.15) is 46.0 Å². The Balaban J connectivity index is 2.00. The zero-order valence-electron chi connectivity index (χ0n) is 11.9. The van der Waals surface area contributed by atoms with E-state index in [0.29, 0.717) is 0 Å². The van der Waals surface area contributed by atoms with Gasteiger partial charge in [0.05, 0.1) is 5.60 Å². The number of nitrogens with zero attached hydrogens (tertiary/aromatic N) is 1. The summed E-state index contributed by atoms with van der Waals surface area (Å²) >= 11 is 0. The Morgan fingerprint density at radius 3 is 2.53 bits per heavy atom. The van der Waals surface area contributed by atoms with Gasteiger partial charge in [0.1, 0.15) is 0 Å². The van der Waals surface area contributed by atoms with Crippen molar-refractivity contribution in [1.82, 2.24) is 10.2 Å². The van der Waals surface area contributed by atoms with Gasteiger partial charge < -0.3 is 15.0 Å². The van der Waals surface area contributed by atoms with E-state index in [2.05, 4.69) is 24.1 Å². The normalized spacial score (nSPS) is 21.4. The average Bonchev–Trinajstić information content (AvgIpc) is 2.39. The zero-order valence-corrected chi connectivity index (χ0v) is 11.9. The van der Waals surface area contributed by atoms with E-state index in [0.717, 1.165) is 19.5 Å². The maximum absolute atomic E-state index is 5.51. The summed E-state index contributed by atoms with van der Waals surface area (Å²) in [4.78, 5) is 2.60. The Labute approximate surface area is 107 Å². The summed E-state index contributed by atoms with van der Waals surface area (Å²) in [6, 6.07) is 0. The Bertz CT molecular complexity index is 187. The first-order chi connectivity index (χ1) is 8.20. The van der Waals surface area contributed by atoms with E-state index in [-0.39, 0.29) is 5.60 Å². The van der Waals surface area contributed by atoms with Crippen LogP contribution in [0.3, 0.4) is 0 Å². The lowest BCUT2D eigenvalue weighted by Crippen LogP contribution is -2.40. The van der Waals surface area contributed by atoms with Crippen molar-refractivity contribution in [3.8, 4) is 0 Å². The molecule has 1 saturated heterocycles. The Morgan fingerprint density at radius 1 is 1.24 bits per heavy atom. The average molecular weight is 242 g/mol. The molecule has 1 unspecified atom stereocenters. The van der Waals surface area contributed by atoms with Crippen LogP contribution in [-0.2, 0) is 4.74 Å². The predicted molar refractivity (Wildman–Crippen MR) is 73.5 cm³/mol. The van der Waals surface area contributed by atoms with Crippen LogP contribution in [0.5, 0.6) is 0 Å². The number of methoxy groups -OCH3 is 1. The molecule has 0 aromatic heterocycles. The van der Waals surface area contributed by atoms with Gasteiger partial charge in [0, 0.05) is 13.7 Å². The molecular weight excluding hydrogens is 212 g/mol. The van der Waals surface area contributed by atoms with E-state index in [1.807, 2.05) is 0 Å². The number of hydrogen-bond acceptors (Lipinski definition) is 3. The molecule has 1 aliphatic rings. The molecule has 0 amide bonds. The highest BCUT2D eigenvalue weighted by molar-refractivity contribution is 4.75. The largest absolute Gasteiger partial charge is 0.377 e. The molecule has 3 nitrogen and oxygen atoms in total. The second-order valence-electron chi connectivity index (χ2n) is 5.44. The van der Waals surface area contributed by atoms with Gasteiger partial charge in [-0.25, -0.2) is 0 Å². The first-order valence-corrected chi connectivity index (χ1v) is 7.18. The lowest BCUT2D eigenvalue weighted by atomic mass is 10.0. The number of likely N-dealkylation sites (tertiary alicyclic amines) is 1. The van der Waals surface area contributed by atoms with Gasteiger partial charge in [0.15, 0.2) is 0 Å². The van der Waals surface area contributed by atoms with E-state index in [1.54, 1.807) is 7.11 Å². The third kappa shape index (κ3) is 5.84. The lowest BCUT2D eigenvalue weighted by molar-refractivity contribution is 0.00371. The molecule has 1 heterocycles. The molecule has 1 atom stereocenters. The first kappa shape index (κ1) is 14.9. The molecule has 0 radical (unpaired) electrons. The van der Waals surface area contributed by atoms with Gasteiger partial charge in [-0.2, -0.15) is 0 Å². The molecule has 1 fully saturated rings. The van der Waals surface area contributed by atoms with E-state index in [9.17, 15) is 0 Å². The smallest absolute Gasteiger partial charge is 0.0771 e. The summed E-state index contributed by atoms with van der Waals surface area (Å²) < 4.78 is 5.51. The molecule has 0 saturated carbocycles. The quantitative estimate of drug-likeness (QED) is 0.661. The summed E-state index contributed by atoms with van der Waals surface area (Å²) in [6.07, 6.45) is 6.53. The lowest BCUT2D eigenvalue weighted by Gasteiger charge is -2.28. The highest BCUT2D eigenvalue weighted by Gasteiger charge is 2.19. The van der Waals surface area contributed by atoms with Gasteiger partial charge in [-0.15, -0.1) is 0 Å². The summed E-state index contributed by atoms with van der Waals surface area (Å²) in [7, 11) is 1.80. The number of ether oxygens (including phenoxy) is 1. The minimum Gasteiger partial charge on any atom is -0.377 e. The number of piperidine rings is 1. The van der Waals surface area contributed by atoms with Crippen LogP contribution >= 0.6 is 0 Å². The Morgan fingerprint density at radius 2 is 1.94 bits per heavy atom. The summed E-state index contributed by atoms with van der Waals surface area (Å²) in [5.74, 6) is 0. The maximum Gasteiger partial charge on any atom is 0.0771 e. The Kier molecular flexibility index (Phi) is 7.09. The number of nitrogens with one attached hydrogen (secondary N) is 1. The van der Waals surface area contributed by atoms with Gasteiger partial charge >= 0.3 is 0 Å². The molecule has 0 aliphatic carbocycles.